The van der Waals surface area contributed by atoms with Gasteiger partial charge in [-0.25, -0.2) is 4.39 Å². The quantitative estimate of drug-likeness (QED) is 0.786. The minimum Gasteiger partial charge on any atom is -0.493 e. The Kier molecular flexibility index (Phi) is 4.71. The Morgan fingerprint density at radius 3 is 2.92 bits per heavy atom. The second kappa shape index (κ2) is 6.77. The zero-order valence-electron chi connectivity index (χ0n) is 13.2. The summed E-state index contributed by atoms with van der Waals surface area (Å²) in [6.07, 6.45) is 0.875. The normalized spacial score (nSPS) is 13.8. The third kappa shape index (κ3) is 3.36. The summed E-state index contributed by atoms with van der Waals surface area (Å²) in [4.78, 5) is 12.4. The first kappa shape index (κ1) is 16.7. The molecule has 1 aliphatic heterocycles. The highest BCUT2D eigenvalue weighted by Gasteiger charge is 2.19. The molecule has 0 saturated carbocycles. The molecule has 3 nitrogen and oxygen atoms in total. The van der Waals surface area contributed by atoms with Crippen molar-refractivity contribution >= 4 is 27.4 Å². The third-order valence-electron chi connectivity index (χ3n) is 4.09. The van der Waals surface area contributed by atoms with Gasteiger partial charge < -0.3 is 10.1 Å². The van der Waals surface area contributed by atoms with Crippen LogP contribution in [0.1, 0.15) is 29.7 Å². The topological polar surface area (TPSA) is 38.3 Å². The largest absolute Gasteiger partial charge is 0.493 e. The average molecular weight is 390 g/mol. The lowest BCUT2D eigenvalue weighted by atomic mass is 10.0. The Bertz CT molecular complexity index is 819. The van der Waals surface area contributed by atoms with Gasteiger partial charge in [-0.15, -0.1) is 0 Å². The van der Waals surface area contributed by atoms with Gasteiger partial charge in [0.2, 0.25) is 0 Å². The van der Waals surface area contributed by atoms with E-state index in [1.807, 2.05) is 25.1 Å². The predicted molar refractivity (Wildman–Crippen MR) is 95.3 cm³/mol. The second-order valence-corrected chi connectivity index (χ2v) is 6.68. The highest BCUT2D eigenvalue weighted by atomic mass is 79.9. The number of carbonyl (C=O) groups excluding carboxylic acids is 1. The van der Waals surface area contributed by atoms with Gasteiger partial charge in [0.05, 0.1) is 12.6 Å². The first-order chi connectivity index (χ1) is 11.5. The lowest BCUT2D eigenvalue weighted by molar-refractivity contribution is -0.116. The van der Waals surface area contributed by atoms with Crippen molar-refractivity contribution in [2.24, 2.45) is 0 Å². The average Bonchev–Trinajstić information content (AvgIpc) is 3.03. The summed E-state index contributed by atoms with van der Waals surface area (Å²) >= 11 is 3.28. The molecule has 2 aromatic rings. The Hall–Kier alpha value is -2.14. The molecule has 5 heteroatoms. The first-order valence-electron chi connectivity index (χ1n) is 7.66. The van der Waals surface area contributed by atoms with E-state index in [2.05, 4.69) is 27.8 Å². The van der Waals surface area contributed by atoms with Crippen molar-refractivity contribution in [3.05, 3.63) is 70.0 Å². The van der Waals surface area contributed by atoms with Crippen LogP contribution in [-0.4, -0.2) is 12.5 Å². The van der Waals surface area contributed by atoms with Crippen LogP contribution in [0.15, 0.2) is 47.4 Å². The maximum Gasteiger partial charge on any atom is 0.251 e. The number of carbonyl (C=O) groups is 1. The summed E-state index contributed by atoms with van der Waals surface area (Å²) in [5.74, 6) is 0.0369. The number of amides is 1. The summed E-state index contributed by atoms with van der Waals surface area (Å²) < 4.78 is 20.1. The molecule has 1 N–H and O–H groups in total. The van der Waals surface area contributed by atoms with Crippen LogP contribution >= 0.6 is 15.9 Å². The molecular formula is C19H17BrFNO2. The summed E-state index contributed by atoms with van der Waals surface area (Å²) in [6.45, 7) is 6.32. The van der Waals surface area contributed by atoms with E-state index in [0.717, 1.165) is 23.3 Å². The number of hydrogen-bond donors (Lipinski definition) is 1. The Morgan fingerprint density at radius 2 is 2.12 bits per heavy atom. The standard InChI is InChI=1S/C19H17BrFNO2/c1-11(16-10-15(20)4-5-17(16)21)19(23)22-12(2)13-3-6-18-14(9-13)7-8-24-18/h3-6,9-10,12H,1,7-8H2,2H3,(H,22,23). The molecule has 3 rings (SSSR count). The molecule has 0 saturated heterocycles. The number of hydrogen-bond acceptors (Lipinski definition) is 2. The maximum atomic E-state index is 13.9. The van der Waals surface area contributed by atoms with Gasteiger partial charge in [-0.3, -0.25) is 4.79 Å². The van der Waals surface area contributed by atoms with Crippen LogP contribution in [0, 0.1) is 5.82 Å². The lowest BCUT2D eigenvalue weighted by Crippen LogP contribution is -2.27. The van der Waals surface area contributed by atoms with Gasteiger partial charge in [0, 0.05) is 22.0 Å². The predicted octanol–water partition coefficient (Wildman–Crippen LogP) is 4.41. The molecule has 0 fully saturated rings. The van der Waals surface area contributed by atoms with Crippen LogP contribution in [0.2, 0.25) is 0 Å². The molecule has 0 aromatic heterocycles. The molecular weight excluding hydrogens is 373 g/mol. The fraction of sp³-hybridized carbons (Fsp3) is 0.211. The zero-order chi connectivity index (χ0) is 17.3. The Morgan fingerprint density at radius 1 is 1.33 bits per heavy atom. The van der Waals surface area contributed by atoms with Crippen molar-refractivity contribution in [1.29, 1.82) is 0 Å². The van der Waals surface area contributed by atoms with E-state index in [1.165, 1.54) is 6.07 Å². The minimum atomic E-state index is -0.472. The summed E-state index contributed by atoms with van der Waals surface area (Å²) in [7, 11) is 0. The van der Waals surface area contributed by atoms with E-state index < -0.39 is 11.7 Å². The van der Waals surface area contributed by atoms with Crippen LogP contribution in [0.4, 0.5) is 4.39 Å². The van der Waals surface area contributed by atoms with Crippen molar-refractivity contribution in [3.63, 3.8) is 0 Å². The third-order valence-corrected chi connectivity index (χ3v) is 4.58. The molecule has 1 aliphatic rings. The molecule has 0 bridgehead atoms. The molecule has 1 amide bonds. The molecule has 1 atom stereocenters. The number of ether oxygens (including phenoxy) is 1. The molecule has 1 heterocycles. The SMILES string of the molecule is C=C(C(=O)NC(C)c1ccc2c(c1)CCO2)c1cc(Br)ccc1F. The molecule has 0 radical (unpaired) electrons. The van der Waals surface area contributed by atoms with Crippen LogP contribution in [0.25, 0.3) is 5.57 Å². The lowest BCUT2D eigenvalue weighted by Gasteiger charge is -2.16. The summed E-state index contributed by atoms with van der Waals surface area (Å²) in [6, 6.07) is 10.1. The van der Waals surface area contributed by atoms with E-state index in [0.29, 0.717) is 11.1 Å². The van der Waals surface area contributed by atoms with E-state index in [-0.39, 0.29) is 17.2 Å². The number of nitrogens with one attached hydrogen (secondary N) is 1. The molecule has 1 unspecified atom stereocenters. The van der Waals surface area contributed by atoms with Crippen LogP contribution in [0.5, 0.6) is 5.75 Å². The monoisotopic (exact) mass is 389 g/mol. The summed E-state index contributed by atoms with van der Waals surface area (Å²) in [5.41, 5.74) is 2.42. The minimum absolute atomic E-state index is 0.102. The van der Waals surface area contributed by atoms with E-state index in [4.69, 9.17) is 4.74 Å². The van der Waals surface area contributed by atoms with Crippen LogP contribution in [0.3, 0.4) is 0 Å². The number of benzene rings is 2. The number of fused-ring (bicyclic) bond motifs is 1. The van der Waals surface area contributed by atoms with Crippen molar-refractivity contribution in [3.8, 4) is 5.75 Å². The number of halogens is 2. The molecule has 24 heavy (non-hydrogen) atoms. The zero-order valence-corrected chi connectivity index (χ0v) is 14.8. The molecule has 2 aromatic carbocycles. The van der Waals surface area contributed by atoms with Gasteiger partial charge in [-0.2, -0.15) is 0 Å². The Balaban J connectivity index is 1.74. The van der Waals surface area contributed by atoms with Crippen LogP contribution < -0.4 is 10.1 Å². The van der Waals surface area contributed by atoms with Gasteiger partial charge in [0.15, 0.2) is 0 Å². The Labute approximate surface area is 148 Å². The van der Waals surface area contributed by atoms with E-state index in [9.17, 15) is 9.18 Å². The van der Waals surface area contributed by atoms with Crippen molar-refractivity contribution < 1.29 is 13.9 Å². The smallest absolute Gasteiger partial charge is 0.251 e. The highest BCUT2D eigenvalue weighted by molar-refractivity contribution is 9.10. The van der Waals surface area contributed by atoms with E-state index in [1.54, 1.807) is 12.1 Å². The van der Waals surface area contributed by atoms with Crippen molar-refractivity contribution in [1.82, 2.24) is 5.32 Å². The number of rotatable bonds is 4. The van der Waals surface area contributed by atoms with Crippen molar-refractivity contribution in [2.75, 3.05) is 6.61 Å². The molecule has 0 spiro atoms. The fourth-order valence-corrected chi connectivity index (χ4v) is 3.06. The molecule has 0 aliphatic carbocycles. The summed E-state index contributed by atoms with van der Waals surface area (Å²) in [5, 5.41) is 2.87. The molecule has 124 valence electrons. The van der Waals surface area contributed by atoms with Crippen molar-refractivity contribution in [2.45, 2.75) is 19.4 Å². The van der Waals surface area contributed by atoms with Crippen LogP contribution in [-0.2, 0) is 11.2 Å². The maximum absolute atomic E-state index is 13.9. The van der Waals surface area contributed by atoms with E-state index >= 15 is 0 Å². The first-order valence-corrected chi connectivity index (χ1v) is 8.46. The van der Waals surface area contributed by atoms with Gasteiger partial charge >= 0.3 is 0 Å². The van der Waals surface area contributed by atoms with Gasteiger partial charge in [-0.05, 0) is 48.4 Å². The fourth-order valence-electron chi connectivity index (χ4n) is 2.69. The van der Waals surface area contributed by atoms with Gasteiger partial charge in [-0.1, -0.05) is 28.6 Å². The van der Waals surface area contributed by atoms with Gasteiger partial charge in [0.25, 0.3) is 5.91 Å². The highest BCUT2D eigenvalue weighted by Crippen LogP contribution is 2.28. The second-order valence-electron chi connectivity index (χ2n) is 5.76. The van der Waals surface area contributed by atoms with Gasteiger partial charge in [0.1, 0.15) is 11.6 Å².